The summed E-state index contributed by atoms with van der Waals surface area (Å²) in [7, 11) is -0.810. The molecule has 50 heavy (non-hydrogen) atoms. The first-order chi connectivity index (χ1) is 23.5. The second-order valence-corrected chi connectivity index (χ2v) is 13.8. The van der Waals surface area contributed by atoms with Crippen molar-refractivity contribution in [2.24, 2.45) is 0 Å². The number of rotatable bonds is 7. The van der Waals surface area contributed by atoms with Crippen molar-refractivity contribution in [2.75, 3.05) is 30.3 Å². The molecule has 0 aromatic heterocycles. The molecule has 17 heteroatoms. The van der Waals surface area contributed by atoms with Crippen molar-refractivity contribution in [1.29, 1.82) is 0 Å². The number of carbonyl (C=O) groups is 2. The lowest BCUT2D eigenvalue weighted by Gasteiger charge is -2.46. The Morgan fingerprint density at radius 1 is 1.04 bits per heavy atom. The molecular formula is C33H37F2N3O11S. The number of nitrogens with zero attached hydrogens (tertiary/aromatic N) is 1. The molecule has 270 valence electrons. The number of carboxylic acids is 1. The van der Waals surface area contributed by atoms with Gasteiger partial charge < -0.3 is 44.9 Å². The lowest BCUT2D eigenvalue weighted by molar-refractivity contribution is -0.284. The molecular weight excluding hydrogens is 684 g/mol. The molecule has 2 aliphatic rings. The van der Waals surface area contributed by atoms with Crippen LogP contribution >= 0.6 is 0 Å². The number of carbonyl (C=O) groups excluding carboxylic acids is 1. The van der Waals surface area contributed by atoms with E-state index in [1.165, 1.54) is 18.2 Å². The molecule has 0 aliphatic carbocycles. The lowest BCUT2D eigenvalue weighted by atomic mass is 9.88. The Balaban J connectivity index is 1.63. The average Bonchev–Trinajstić information content (AvgIpc) is 3.05. The average molecular weight is 722 g/mol. The Bertz CT molecular complexity index is 1910. The monoisotopic (exact) mass is 721 g/mol. The molecule has 2 bridgehead atoms. The fourth-order valence-electron chi connectivity index (χ4n) is 6.09. The van der Waals surface area contributed by atoms with Gasteiger partial charge in [0.05, 0.1) is 35.3 Å². The molecule has 6 N–H and O–H groups in total. The SMILES string of the molecule is CC(=O)N[C@H]1[C@H]2O[C@@](C(=O)O)(C[C@@H]1O)Oc1c(cc(NS(=O)(=O)c3cccc4c(N(C)C)cccc34)cc1C(F)F)C/C=C/OC[C@@H](O)[C@H]2O. The van der Waals surface area contributed by atoms with Crippen LogP contribution in [0.25, 0.3) is 10.8 Å². The summed E-state index contributed by atoms with van der Waals surface area (Å²) in [6, 6.07) is 10.3. The maximum atomic E-state index is 14.8. The molecule has 1 fully saturated rings. The normalized spacial score (nSPS) is 26.2. The molecule has 14 nitrogen and oxygen atoms in total. The number of aliphatic carboxylic acids is 1. The van der Waals surface area contributed by atoms with Crippen LogP contribution in [0.5, 0.6) is 5.75 Å². The van der Waals surface area contributed by atoms with Gasteiger partial charge in [-0.3, -0.25) is 9.52 Å². The molecule has 0 radical (unpaired) electrons. The van der Waals surface area contributed by atoms with Gasteiger partial charge in [0, 0.05) is 48.7 Å². The van der Waals surface area contributed by atoms with Gasteiger partial charge >= 0.3 is 11.8 Å². The first-order valence-corrected chi connectivity index (χ1v) is 16.9. The summed E-state index contributed by atoms with van der Waals surface area (Å²) >= 11 is 0. The Labute approximate surface area is 285 Å². The van der Waals surface area contributed by atoms with Crippen LogP contribution in [0.4, 0.5) is 20.2 Å². The van der Waals surface area contributed by atoms with Crippen molar-refractivity contribution in [3.63, 3.8) is 0 Å². The zero-order valence-electron chi connectivity index (χ0n) is 27.1. The molecule has 0 spiro atoms. The number of aliphatic hydroxyl groups excluding tert-OH is 3. The topological polar surface area (TPSA) is 204 Å². The molecule has 2 heterocycles. The first-order valence-electron chi connectivity index (χ1n) is 15.4. The van der Waals surface area contributed by atoms with Crippen LogP contribution < -0.4 is 19.7 Å². The molecule has 2 aliphatic heterocycles. The van der Waals surface area contributed by atoms with E-state index < -0.39 is 88.9 Å². The van der Waals surface area contributed by atoms with Crippen LogP contribution in [-0.2, 0) is 35.5 Å². The van der Waals surface area contributed by atoms with Crippen molar-refractivity contribution >= 4 is 44.0 Å². The highest BCUT2D eigenvalue weighted by Crippen LogP contribution is 2.42. The number of hydrogen-bond donors (Lipinski definition) is 6. The second-order valence-electron chi connectivity index (χ2n) is 12.2. The van der Waals surface area contributed by atoms with Gasteiger partial charge in [-0.05, 0) is 36.8 Å². The molecule has 0 unspecified atom stereocenters. The molecule has 1 amide bonds. The summed E-state index contributed by atoms with van der Waals surface area (Å²) in [5, 5.41) is 46.3. The molecule has 5 rings (SSSR count). The Kier molecular flexibility index (Phi) is 10.5. The van der Waals surface area contributed by atoms with E-state index in [0.717, 1.165) is 24.9 Å². The highest BCUT2D eigenvalue weighted by molar-refractivity contribution is 7.93. The van der Waals surface area contributed by atoms with E-state index in [0.29, 0.717) is 10.8 Å². The number of allylic oxidation sites excluding steroid dienone is 1. The lowest BCUT2D eigenvalue weighted by Crippen LogP contribution is -2.68. The molecule has 3 aromatic carbocycles. The van der Waals surface area contributed by atoms with Gasteiger partial charge in [-0.2, -0.15) is 0 Å². The summed E-state index contributed by atoms with van der Waals surface area (Å²) in [5.41, 5.74) is -0.607. The summed E-state index contributed by atoms with van der Waals surface area (Å²) in [5.74, 6) is -6.19. The van der Waals surface area contributed by atoms with E-state index in [-0.39, 0.29) is 22.6 Å². The largest absolute Gasteiger partial charge is 0.499 e. The number of alkyl halides is 2. The first kappa shape index (κ1) is 36.7. The van der Waals surface area contributed by atoms with E-state index in [9.17, 15) is 47.2 Å². The van der Waals surface area contributed by atoms with Crippen molar-refractivity contribution in [2.45, 2.75) is 67.3 Å². The zero-order valence-corrected chi connectivity index (χ0v) is 27.9. The zero-order chi connectivity index (χ0) is 36.5. The Morgan fingerprint density at radius 2 is 1.74 bits per heavy atom. The summed E-state index contributed by atoms with van der Waals surface area (Å²) < 4.78 is 76.4. The van der Waals surface area contributed by atoms with Gasteiger partial charge in [0.2, 0.25) is 5.91 Å². The van der Waals surface area contributed by atoms with Gasteiger partial charge in [0.1, 0.15) is 30.7 Å². The van der Waals surface area contributed by atoms with Gasteiger partial charge in [-0.25, -0.2) is 22.0 Å². The van der Waals surface area contributed by atoms with Gasteiger partial charge in [-0.15, -0.1) is 0 Å². The van der Waals surface area contributed by atoms with Gasteiger partial charge in [0.15, 0.2) is 0 Å². The van der Waals surface area contributed by atoms with E-state index in [4.69, 9.17) is 14.2 Å². The maximum Gasteiger partial charge on any atom is 0.377 e. The molecule has 3 aromatic rings. The van der Waals surface area contributed by atoms with Crippen molar-refractivity contribution in [3.8, 4) is 5.75 Å². The Hall–Kier alpha value is -4.55. The number of anilines is 2. The van der Waals surface area contributed by atoms with Gasteiger partial charge in [0.25, 0.3) is 16.4 Å². The predicted molar refractivity (Wildman–Crippen MR) is 175 cm³/mol. The van der Waals surface area contributed by atoms with Crippen LogP contribution in [0, 0.1) is 0 Å². The summed E-state index contributed by atoms with van der Waals surface area (Å²) in [4.78, 5) is 26.4. The number of aliphatic hydroxyl groups is 3. The standard InChI is InChI=1S/C33H37F2N3O11S/c1-17(39)36-27-24(40)15-33(32(43)44)48-29-18(7-6-12-47-16-25(41)28(42)30(27)49-33)13-19(14-22(29)31(34)35)37-50(45,46)26-11-5-8-20-21(26)9-4-10-23(20)38(2)3/h4-6,8-14,24-25,27-28,30-31,37,40-42H,7,15-16H2,1-3H3,(H,36,39)(H,43,44)/b12-6+/t24-,25+,27+,28+,30+,33+/m0/s1. The Morgan fingerprint density at radius 3 is 2.40 bits per heavy atom. The molecule has 0 saturated carbocycles. The van der Waals surface area contributed by atoms with Gasteiger partial charge in [-0.1, -0.05) is 24.3 Å². The highest BCUT2D eigenvalue weighted by atomic mass is 32.2. The number of halogens is 2. The number of amides is 1. The fraction of sp³-hybridized carbons (Fsp3) is 0.394. The van der Waals surface area contributed by atoms with Crippen molar-refractivity contribution < 1.29 is 61.4 Å². The van der Waals surface area contributed by atoms with E-state index in [2.05, 4.69) is 10.0 Å². The predicted octanol–water partition coefficient (Wildman–Crippen LogP) is 2.27. The van der Waals surface area contributed by atoms with Crippen LogP contribution in [0.2, 0.25) is 0 Å². The van der Waals surface area contributed by atoms with Crippen LogP contribution in [-0.4, -0.2) is 97.7 Å². The van der Waals surface area contributed by atoms with E-state index in [1.807, 2.05) is 11.0 Å². The summed E-state index contributed by atoms with van der Waals surface area (Å²) in [6.45, 7) is 0.535. The second kappa shape index (κ2) is 14.4. The number of ether oxygens (including phenoxy) is 3. The third-order valence-corrected chi connectivity index (χ3v) is 9.82. The number of fused-ring (bicyclic) bond motifs is 4. The number of sulfonamides is 1. The third kappa shape index (κ3) is 7.32. The van der Waals surface area contributed by atoms with E-state index >= 15 is 0 Å². The van der Waals surface area contributed by atoms with E-state index in [1.54, 1.807) is 38.4 Å². The molecule has 1 saturated heterocycles. The minimum Gasteiger partial charge on any atom is -0.499 e. The maximum absolute atomic E-state index is 14.8. The smallest absolute Gasteiger partial charge is 0.377 e. The number of benzene rings is 3. The molecule has 6 atom stereocenters. The van der Waals surface area contributed by atoms with Crippen LogP contribution in [0.15, 0.2) is 65.8 Å². The van der Waals surface area contributed by atoms with Crippen LogP contribution in [0.1, 0.15) is 30.9 Å². The fourth-order valence-corrected chi connectivity index (χ4v) is 7.36. The van der Waals surface area contributed by atoms with Crippen molar-refractivity contribution in [3.05, 3.63) is 72.0 Å². The third-order valence-electron chi connectivity index (χ3n) is 8.38. The van der Waals surface area contributed by atoms with Crippen molar-refractivity contribution in [1.82, 2.24) is 5.32 Å². The minimum atomic E-state index is -4.41. The quantitative estimate of drug-likeness (QED) is 0.208. The minimum absolute atomic E-state index is 0.128. The number of hydrogen-bond acceptors (Lipinski definition) is 11. The van der Waals surface area contributed by atoms with Crippen LogP contribution in [0.3, 0.4) is 0 Å². The number of carboxylic acid groups (broad SMARTS) is 1. The summed E-state index contributed by atoms with van der Waals surface area (Å²) in [6.07, 6.45) is -9.44. The highest BCUT2D eigenvalue weighted by Gasteiger charge is 2.57. The number of nitrogens with one attached hydrogen (secondary N) is 2.